The average molecular weight is 852 g/mol. The minimum Gasteiger partial charge on any atom is -0.447 e. The molecule has 0 unspecified atom stereocenters. The molecular formula is C43H62N7O9P. The van der Waals surface area contributed by atoms with Crippen molar-refractivity contribution in [3.63, 3.8) is 0 Å². The number of carbonyl (C=O) groups excluding carboxylic acids is 3. The molecule has 0 radical (unpaired) electrons. The Labute approximate surface area is 352 Å². The maximum Gasteiger partial charge on any atom is 0.477 e. The van der Waals surface area contributed by atoms with E-state index in [1.807, 2.05) is 40.0 Å². The van der Waals surface area contributed by atoms with E-state index in [-0.39, 0.29) is 44.1 Å². The minimum atomic E-state index is -3.94. The molecule has 6 rings (SSSR count). The number of benzene rings is 1. The highest BCUT2D eigenvalue weighted by Gasteiger charge is 2.34. The number of amides is 2. The van der Waals surface area contributed by atoms with Crippen molar-refractivity contribution in [1.82, 2.24) is 29.0 Å². The number of likely N-dealkylation sites (tertiary alicyclic amines) is 2. The fourth-order valence-corrected chi connectivity index (χ4v) is 9.45. The van der Waals surface area contributed by atoms with Gasteiger partial charge in [0, 0.05) is 23.7 Å². The first-order chi connectivity index (χ1) is 28.9. The summed E-state index contributed by atoms with van der Waals surface area (Å²) in [5.41, 5.74) is 12.6. The molecule has 1 aromatic carbocycles. The largest absolute Gasteiger partial charge is 0.477 e. The van der Waals surface area contributed by atoms with E-state index in [0.717, 1.165) is 90.6 Å². The van der Waals surface area contributed by atoms with Crippen LogP contribution in [-0.4, -0.2) is 106 Å². The molecule has 0 spiro atoms. The molecule has 2 aliphatic heterocycles. The highest BCUT2D eigenvalue weighted by atomic mass is 31.2. The van der Waals surface area contributed by atoms with Gasteiger partial charge in [0.1, 0.15) is 12.9 Å². The Morgan fingerprint density at radius 1 is 0.917 bits per heavy atom. The van der Waals surface area contributed by atoms with E-state index in [4.69, 9.17) is 28.8 Å². The molecule has 2 saturated heterocycles. The van der Waals surface area contributed by atoms with Crippen LogP contribution in [0.25, 0.3) is 27.8 Å². The summed E-state index contributed by atoms with van der Waals surface area (Å²) in [5, 5.41) is 5.42. The van der Waals surface area contributed by atoms with Gasteiger partial charge in [0.2, 0.25) is 12.7 Å². The van der Waals surface area contributed by atoms with E-state index in [1.54, 1.807) is 14.0 Å². The zero-order chi connectivity index (χ0) is 43.0. The van der Waals surface area contributed by atoms with E-state index in [9.17, 15) is 18.9 Å². The summed E-state index contributed by atoms with van der Waals surface area (Å²) in [5.74, 6) is -0.0208. The van der Waals surface area contributed by atoms with Gasteiger partial charge in [-0.3, -0.25) is 18.7 Å². The van der Waals surface area contributed by atoms with Crippen molar-refractivity contribution in [2.75, 3.05) is 52.8 Å². The van der Waals surface area contributed by atoms with Gasteiger partial charge in [0.05, 0.1) is 37.0 Å². The van der Waals surface area contributed by atoms with Crippen LogP contribution < -0.4 is 5.73 Å². The molecule has 1 atom stereocenters. The zero-order valence-electron chi connectivity index (χ0n) is 36.0. The van der Waals surface area contributed by atoms with E-state index >= 15 is 0 Å². The van der Waals surface area contributed by atoms with Gasteiger partial charge in [-0.25, -0.2) is 32.7 Å². The lowest BCUT2D eigenvalue weighted by Crippen LogP contribution is -2.47. The first-order valence-electron chi connectivity index (χ1n) is 21.5. The van der Waals surface area contributed by atoms with Crippen LogP contribution in [-0.2, 0) is 32.4 Å². The highest BCUT2D eigenvalue weighted by Crippen LogP contribution is 2.50. The van der Waals surface area contributed by atoms with Crippen LogP contribution in [0.5, 0.6) is 0 Å². The molecule has 0 aliphatic carbocycles. The number of rotatable bonds is 18. The highest BCUT2D eigenvalue weighted by molar-refractivity contribution is 7.48. The topological polar surface area (TPSA) is 182 Å². The summed E-state index contributed by atoms with van der Waals surface area (Å²) >= 11 is 0. The van der Waals surface area contributed by atoms with Crippen molar-refractivity contribution >= 4 is 42.5 Å². The number of unbranched alkanes of at least 4 members (excludes halogenated alkanes) is 2. The summed E-state index contributed by atoms with van der Waals surface area (Å²) in [6.07, 6.45) is 9.20. The predicted octanol–water partition coefficient (Wildman–Crippen LogP) is 8.45. The third kappa shape index (κ3) is 10.4. The van der Waals surface area contributed by atoms with Gasteiger partial charge in [-0.2, -0.15) is 5.10 Å². The number of aryl methyl sites for hydroxylation is 1. The Bertz CT molecular complexity index is 2160. The summed E-state index contributed by atoms with van der Waals surface area (Å²) in [6, 6.07) is 5.86. The molecule has 2 fully saturated rings. The van der Waals surface area contributed by atoms with Gasteiger partial charge >= 0.3 is 20.0 Å². The van der Waals surface area contributed by atoms with Crippen molar-refractivity contribution in [2.45, 2.75) is 117 Å². The predicted molar refractivity (Wildman–Crippen MR) is 228 cm³/mol. The lowest BCUT2D eigenvalue weighted by atomic mass is 9.87. The summed E-state index contributed by atoms with van der Waals surface area (Å²) in [4.78, 5) is 47.8. The Balaban J connectivity index is 1.27. The number of carbonyl (C=O) groups is 3. The quantitative estimate of drug-likeness (QED) is 0.0574. The molecular weight excluding hydrogens is 789 g/mol. The third-order valence-electron chi connectivity index (χ3n) is 11.8. The Kier molecular flexibility index (Phi) is 15.4. The van der Waals surface area contributed by atoms with Gasteiger partial charge in [-0.15, -0.1) is 0 Å². The van der Waals surface area contributed by atoms with Gasteiger partial charge in [0.15, 0.2) is 5.65 Å². The van der Waals surface area contributed by atoms with Crippen LogP contribution in [0, 0.1) is 13.8 Å². The summed E-state index contributed by atoms with van der Waals surface area (Å²) in [6.45, 7) is 14.2. The number of hydrogen-bond acceptors (Lipinski definition) is 12. The van der Waals surface area contributed by atoms with Crippen LogP contribution in [0.4, 0.5) is 9.59 Å². The maximum atomic E-state index is 14.7. The first kappa shape index (κ1) is 45.2. The molecule has 60 heavy (non-hydrogen) atoms. The smallest absolute Gasteiger partial charge is 0.447 e. The molecule has 16 nitrogen and oxygen atoms in total. The monoisotopic (exact) mass is 851 g/mol. The molecule has 4 aromatic rings. The van der Waals surface area contributed by atoms with E-state index < -0.39 is 32.8 Å². The second-order valence-corrected chi connectivity index (χ2v) is 17.9. The minimum absolute atomic E-state index is 0.0191. The van der Waals surface area contributed by atoms with Crippen molar-refractivity contribution in [3.8, 4) is 11.3 Å². The van der Waals surface area contributed by atoms with E-state index in [2.05, 4.69) is 41.0 Å². The van der Waals surface area contributed by atoms with Crippen molar-refractivity contribution < 1.29 is 42.0 Å². The summed E-state index contributed by atoms with van der Waals surface area (Å²) < 4.78 is 44.7. The lowest BCUT2D eigenvalue weighted by Gasteiger charge is -2.34. The van der Waals surface area contributed by atoms with Crippen LogP contribution >= 0.6 is 7.82 Å². The Morgan fingerprint density at radius 3 is 2.30 bits per heavy atom. The van der Waals surface area contributed by atoms with Crippen molar-refractivity contribution in [1.29, 1.82) is 0 Å². The molecule has 2 amide bonds. The summed E-state index contributed by atoms with van der Waals surface area (Å²) in [7, 11) is -3.94. The second kappa shape index (κ2) is 20.5. The number of hydrogen-bond donors (Lipinski definition) is 1. The number of primary amides is 1. The molecule has 5 heterocycles. The first-order valence-corrected chi connectivity index (χ1v) is 22.9. The van der Waals surface area contributed by atoms with E-state index in [0.29, 0.717) is 31.3 Å². The normalized spacial score (nSPS) is 16.9. The number of pyridine rings is 1. The fourth-order valence-electron chi connectivity index (χ4n) is 8.34. The number of ether oxygens (including phenoxy) is 2. The Morgan fingerprint density at radius 2 is 1.63 bits per heavy atom. The number of phosphoric ester groups is 1. The number of fused-ring (bicyclic) bond motifs is 2. The molecule has 0 saturated carbocycles. The van der Waals surface area contributed by atoms with Crippen LogP contribution in [0.3, 0.4) is 0 Å². The zero-order valence-corrected chi connectivity index (χ0v) is 36.9. The molecule has 3 aromatic heterocycles. The van der Waals surface area contributed by atoms with Crippen LogP contribution in [0.15, 0.2) is 30.7 Å². The SMILES string of the molecule is CCCCOP(=O)(OCCCC)OCOC(=O)N1CCCC[C@H]1COC(=O)n1c(-c2cn3ncnc3c(C)c2C)c(C(C)C)c2cc(C3CCN(CC(N)=O)CC3)ccc21. The van der Waals surface area contributed by atoms with Gasteiger partial charge in [0.25, 0.3) is 0 Å². The third-order valence-corrected chi connectivity index (χ3v) is 13.2. The van der Waals surface area contributed by atoms with Gasteiger partial charge < -0.3 is 20.1 Å². The molecule has 328 valence electrons. The molecule has 17 heteroatoms. The number of aromatic nitrogens is 4. The van der Waals surface area contributed by atoms with Gasteiger partial charge in [-0.05, 0) is 118 Å². The number of phosphoric acid groups is 1. The maximum absolute atomic E-state index is 14.7. The molecule has 2 aliphatic rings. The van der Waals surface area contributed by atoms with Crippen molar-refractivity contribution in [3.05, 3.63) is 53.0 Å². The Hall–Kier alpha value is -4.34. The molecule has 0 bridgehead atoms. The number of nitrogens with zero attached hydrogens (tertiary/aromatic N) is 6. The second-order valence-electron chi connectivity index (χ2n) is 16.3. The van der Waals surface area contributed by atoms with Crippen molar-refractivity contribution in [2.24, 2.45) is 5.73 Å². The number of piperidine rings is 2. The van der Waals surface area contributed by atoms with E-state index in [1.165, 1.54) is 11.9 Å². The van der Waals surface area contributed by atoms with Crippen LogP contribution in [0.2, 0.25) is 0 Å². The average Bonchev–Trinajstić information content (AvgIpc) is 3.84. The fraction of sp³-hybridized carbons (Fsp3) is 0.605. The number of nitrogens with two attached hydrogens (primary N) is 1. The van der Waals surface area contributed by atoms with Gasteiger partial charge in [-0.1, -0.05) is 46.6 Å². The lowest BCUT2D eigenvalue weighted by molar-refractivity contribution is -0.119. The molecule has 2 N–H and O–H groups in total. The van der Waals surface area contributed by atoms with Crippen LogP contribution in [0.1, 0.15) is 120 Å². The standard InChI is InChI=1S/C43H62N7O9P/c1-7-9-21-57-60(54,58-22-10-8-2)59-28-56-42(52)48-18-12-11-13-34(48)26-55-43(53)50-37-15-14-33(32-16-19-47(20-17-32)25-38(44)51)23-35(37)39(29(3)4)40(50)36-24-49-41(45-27-46-49)31(6)30(36)5/h14-15,23-24,27,29,32,34H,7-13,16-22,25-26,28H2,1-6H3,(H2,44,51)/t34-/m0/s1.